The Kier molecular flexibility index (Phi) is 2.52. The zero-order chi connectivity index (χ0) is 13.9. The second-order valence-electron chi connectivity index (χ2n) is 6.61. The van der Waals surface area contributed by atoms with Gasteiger partial charge in [0.15, 0.2) is 5.78 Å². The summed E-state index contributed by atoms with van der Waals surface area (Å²) in [4.78, 5) is 24.2. The summed E-state index contributed by atoms with van der Waals surface area (Å²) in [6.45, 7) is 6.24. The van der Waals surface area contributed by atoms with Crippen molar-refractivity contribution >= 4 is 11.8 Å². The number of ether oxygens (including phenoxy) is 1. The first kappa shape index (κ1) is 12.6. The fraction of sp³-hybridized carbons (Fsp3) is 0.600. The van der Waals surface area contributed by atoms with Crippen molar-refractivity contribution in [3.8, 4) is 0 Å². The summed E-state index contributed by atoms with van der Waals surface area (Å²) in [7, 11) is 0. The van der Waals surface area contributed by atoms with Crippen LogP contribution in [0.5, 0.6) is 0 Å². The lowest BCUT2D eigenvalue weighted by molar-refractivity contribution is -0.152. The van der Waals surface area contributed by atoms with Gasteiger partial charge < -0.3 is 9.84 Å². The van der Waals surface area contributed by atoms with E-state index in [1.54, 1.807) is 6.08 Å². The molecule has 1 saturated carbocycles. The van der Waals surface area contributed by atoms with Crippen LogP contribution in [0.3, 0.4) is 0 Å². The zero-order valence-electron chi connectivity index (χ0n) is 11.4. The summed E-state index contributed by atoms with van der Waals surface area (Å²) < 4.78 is 4.76. The Hall–Kier alpha value is -1.42. The second-order valence-corrected chi connectivity index (χ2v) is 6.61. The maximum absolute atomic E-state index is 12.5. The fourth-order valence-corrected chi connectivity index (χ4v) is 3.61. The van der Waals surface area contributed by atoms with Gasteiger partial charge in [-0.1, -0.05) is 26.3 Å². The van der Waals surface area contributed by atoms with Gasteiger partial charge in [-0.15, -0.1) is 0 Å². The SMILES string of the molecule is C[C@H]1C(=O)C2=C(C=C3CC(C)(C)C[C@@H]31)C(=O)O[C@@H]2O. The molecule has 4 nitrogen and oxygen atoms in total. The van der Waals surface area contributed by atoms with Crippen LogP contribution in [0.25, 0.3) is 0 Å². The average Bonchev–Trinajstić information content (AvgIpc) is 2.72. The summed E-state index contributed by atoms with van der Waals surface area (Å²) in [5, 5.41) is 9.72. The third-order valence-electron chi connectivity index (χ3n) is 4.52. The lowest BCUT2D eigenvalue weighted by atomic mass is 9.82. The summed E-state index contributed by atoms with van der Waals surface area (Å²) in [6.07, 6.45) is 2.22. The minimum absolute atomic E-state index is 0.150. The van der Waals surface area contributed by atoms with Crippen LogP contribution in [0.15, 0.2) is 22.8 Å². The molecule has 1 aliphatic heterocycles. The molecule has 3 rings (SSSR count). The van der Waals surface area contributed by atoms with Crippen LogP contribution < -0.4 is 0 Å². The highest BCUT2D eigenvalue weighted by atomic mass is 16.6. The maximum atomic E-state index is 12.5. The monoisotopic (exact) mass is 262 g/mol. The van der Waals surface area contributed by atoms with E-state index in [1.165, 1.54) is 0 Å². The minimum Gasteiger partial charge on any atom is -0.428 e. The van der Waals surface area contributed by atoms with Gasteiger partial charge in [-0.25, -0.2) is 4.79 Å². The molecule has 0 aromatic carbocycles. The number of ketones is 1. The van der Waals surface area contributed by atoms with Crippen molar-refractivity contribution in [2.75, 3.05) is 0 Å². The van der Waals surface area contributed by atoms with Gasteiger partial charge in [0.05, 0.1) is 11.1 Å². The molecule has 0 bridgehead atoms. The Labute approximate surface area is 112 Å². The van der Waals surface area contributed by atoms with E-state index in [9.17, 15) is 14.7 Å². The van der Waals surface area contributed by atoms with E-state index in [1.807, 2.05) is 6.92 Å². The van der Waals surface area contributed by atoms with Gasteiger partial charge >= 0.3 is 5.97 Å². The first-order valence-corrected chi connectivity index (χ1v) is 6.68. The van der Waals surface area contributed by atoms with E-state index < -0.39 is 12.3 Å². The van der Waals surface area contributed by atoms with Gasteiger partial charge in [-0.2, -0.15) is 0 Å². The van der Waals surface area contributed by atoms with Crippen molar-refractivity contribution in [2.24, 2.45) is 17.3 Å². The number of hydrogen-bond acceptors (Lipinski definition) is 4. The summed E-state index contributed by atoms with van der Waals surface area (Å²) in [5.74, 6) is -0.763. The molecule has 0 radical (unpaired) electrons. The molecule has 19 heavy (non-hydrogen) atoms. The van der Waals surface area contributed by atoms with Crippen molar-refractivity contribution in [2.45, 2.75) is 39.9 Å². The van der Waals surface area contributed by atoms with Crippen LogP contribution >= 0.6 is 0 Å². The average molecular weight is 262 g/mol. The van der Waals surface area contributed by atoms with Crippen LogP contribution in [0.4, 0.5) is 0 Å². The molecular formula is C15H18O4. The molecule has 3 aliphatic rings. The molecule has 1 heterocycles. The number of carbonyl (C=O) groups excluding carboxylic acids is 2. The van der Waals surface area contributed by atoms with Gasteiger partial charge in [-0.05, 0) is 30.3 Å². The predicted octanol–water partition coefficient (Wildman–Crippen LogP) is 1.74. The summed E-state index contributed by atoms with van der Waals surface area (Å²) in [6, 6.07) is 0. The second kappa shape index (κ2) is 3.79. The lowest BCUT2D eigenvalue weighted by Crippen LogP contribution is -2.26. The first-order chi connectivity index (χ1) is 8.80. The van der Waals surface area contributed by atoms with Gasteiger partial charge in [0.2, 0.25) is 6.29 Å². The number of aliphatic hydroxyl groups excluding tert-OH is 1. The number of Topliss-reactive ketones (excluding diaryl/α,β-unsaturated/α-hetero) is 1. The van der Waals surface area contributed by atoms with E-state index in [2.05, 4.69) is 13.8 Å². The third kappa shape index (κ3) is 1.77. The normalized spacial score (nSPS) is 36.6. The first-order valence-electron chi connectivity index (χ1n) is 6.68. The number of cyclic esters (lactones) is 1. The molecule has 1 fully saturated rings. The number of carbonyl (C=O) groups is 2. The highest BCUT2D eigenvalue weighted by Gasteiger charge is 2.47. The number of fused-ring (bicyclic) bond motifs is 1. The Morgan fingerprint density at radius 3 is 2.74 bits per heavy atom. The number of allylic oxidation sites excluding steroid dienone is 1. The van der Waals surface area contributed by atoms with Crippen molar-refractivity contribution in [1.82, 2.24) is 0 Å². The van der Waals surface area contributed by atoms with Gasteiger partial charge in [0, 0.05) is 5.92 Å². The Bertz CT molecular complexity index is 538. The Morgan fingerprint density at radius 2 is 2.05 bits per heavy atom. The number of esters is 1. The number of hydrogen-bond donors (Lipinski definition) is 1. The van der Waals surface area contributed by atoms with E-state index in [0.717, 1.165) is 18.4 Å². The molecule has 1 N–H and O–H groups in total. The van der Waals surface area contributed by atoms with Crippen LogP contribution in [0.1, 0.15) is 33.6 Å². The minimum atomic E-state index is -1.39. The number of aliphatic hydroxyl groups is 1. The lowest BCUT2D eigenvalue weighted by Gasteiger charge is -2.21. The largest absolute Gasteiger partial charge is 0.428 e. The molecule has 0 saturated heterocycles. The Morgan fingerprint density at radius 1 is 1.37 bits per heavy atom. The molecule has 3 atom stereocenters. The van der Waals surface area contributed by atoms with Crippen LogP contribution in [0.2, 0.25) is 0 Å². The van der Waals surface area contributed by atoms with Crippen molar-refractivity contribution < 1.29 is 19.4 Å². The van der Waals surface area contributed by atoms with Crippen LogP contribution in [-0.2, 0) is 14.3 Å². The summed E-state index contributed by atoms with van der Waals surface area (Å²) in [5.41, 5.74) is 1.71. The smallest absolute Gasteiger partial charge is 0.341 e. The van der Waals surface area contributed by atoms with Crippen molar-refractivity contribution in [3.63, 3.8) is 0 Å². The Balaban J connectivity index is 2.12. The molecule has 0 aromatic rings. The van der Waals surface area contributed by atoms with E-state index in [-0.39, 0.29) is 34.2 Å². The van der Waals surface area contributed by atoms with Crippen LogP contribution in [-0.4, -0.2) is 23.1 Å². The molecule has 4 heteroatoms. The van der Waals surface area contributed by atoms with Crippen molar-refractivity contribution in [1.29, 1.82) is 0 Å². The van der Waals surface area contributed by atoms with Crippen molar-refractivity contribution in [3.05, 3.63) is 22.8 Å². The molecule has 0 aromatic heterocycles. The molecule has 2 aliphatic carbocycles. The van der Waals surface area contributed by atoms with E-state index >= 15 is 0 Å². The fourth-order valence-electron chi connectivity index (χ4n) is 3.61. The van der Waals surface area contributed by atoms with E-state index in [4.69, 9.17) is 4.74 Å². The molecule has 102 valence electrons. The molecular weight excluding hydrogens is 244 g/mol. The van der Waals surface area contributed by atoms with Gasteiger partial charge in [-0.3, -0.25) is 4.79 Å². The summed E-state index contributed by atoms with van der Waals surface area (Å²) >= 11 is 0. The standard InChI is InChI=1S/C15H18O4/c1-7-10-6-15(2,3)5-8(10)4-9-11(12(7)16)14(18)19-13(9)17/h4,7,10,14,18H,5-6H2,1-3H3/t7-,10-,14+/m1/s1. The highest BCUT2D eigenvalue weighted by Crippen LogP contribution is 2.50. The highest BCUT2D eigenvalue weighted by molar-refractivity contribution is 6.10. The topological polar surface area (TPSA) is 63.6 Å². The third-order valence-corrected chi connectivity index (χ3v) is 4.52. The molecule has 0 unspecified atom stereocenters. The zero-order valence-corrected chi connectivity index (χ0v) is 11.4. The van der Waals surface area contributed by atoms with Gasteiger partial charge in [0.25, 0.3) is 0 Å². The van der Waals surface area contributed by atoms with Gasteiger partial charge in [0.1, 0.15) is 0 Å². The van der Waals surface area contributed by atoms with Crippen LogP contribution in [0, 0.1) is 17.3 Å². The predicted molar refractivity (Wildman–Crippen MR) is 67.9 cm³/mol. The van der Waals surface area contributed by atoms with E-state index in [0.29, 0.717) is 0 Å². The molecule has 0 amide bonds. The number of rotatable bonds is 0. The quantitative estimate of drug-likeness (QED) is 0.675. The molecule has 0 spiro atoms. The maximum Gasteiger partial charge on any atom is 0.341 e.